The number of halogens is 2. The largest absolute Gasteiger partial charge is 0.461 e. The normalized spacial score (nSPS) is 10.6. The average molecular weight is 357 g/mol. The van der Waals surface area contributed by atoms with E-state index in [9.17, 15) is 4.39 Å². The molecule has 0 unspecified atom stereocenters. The number of nitrogens with two attached hydrogens (primary N) is 1. The Balaban J connectivity index is 2.27. The SMILES string of the molecule is CC(C)Oc1nc(NN)nc(Nc2ccc(F)c(Br)c2)n1. The number of nitrogens with zero attached hydrogens (tertiary/aromatic N) is 3. The third-order valence-corrected chi connectivity index (χ3v) is 2.87. The minimum absolute atomic E-state index is 0.0918. The summed E-state index contributed by atoms with van der Waals surface area (Å²) in [4.78, 5) is 12.1. The van der Waals surface area contributed by atoms with Crippen molar-refractivity contribution < 1.29 is 9.13 Å². The van der Waals surface area contributed by atoms with Crippen LogP contribution >= 0.6 is 15.9 Å². The maximum atomic E-state index is 13.2. The zero-order valence-electron chi connectivity index (χ0n) is 11.4. The van der Waals surface area contributed by atoms with Crippen molar-refractivity contribution in [2.75, 3.05) is 10.7 Å². The fraction of sp³-hybridized carbons (Fsp3) is 0.250. The molecule has 112 valence electrons. The molecular weight excluding hydrogens is 343 g/mol. The molecule has 0 aliphatic rings. The van der Waals surface area contributed by atoms with Gasteiger partial charge in [-0.3, -0.25) is 5.43 Å². The van der Waals surface area contributed by atoms with Gasteiger partial charge in [-0.15, -0.1) is 0 Å². The molecule has 21 heavy (non-hydrogen) atoms. The molecule has 0 saturated heterocycles. The predicted molar refractivity (Wildman–Crippen MR) is 80.8 cm³/mol. The average Bonchev–Trinajstić information content (AvgIpc) is 2.42. The minimum Gasteiger partial charge on any atom is -0.461 e. The molecular formula is C12H14BrFN6O. The highest BCUT2D eigenvalue weighted by molar-refractivity contribution is 9.10. The van der Waals surface area contributed by atoms with Crippen LogP contribution in [0.25, 0.3) is 0 Å². The number of nitrogen functional groups attached to an aromatic ring is 1. The summed E-state index contributed by atoms with van der Waals surface area (Å²) in [6, 6.07) is 4.58. The highest BCUT2D eigenvalue weighted by Gasteiger charge is 2.09. The second kappa shape index (κ2) is 6.64. The third-order valence-electron chi connectivity index (χ3n) is 2.26. The van der Waals surface area contributed by atoms with E-state index in [2.05, 4.69) is 41.6 Å². The molecule has 0 aliphatic heterocycles. The first kappa shape index (κ1) is 15.4. The molecule has 9 heteroatoms. The van der Waals surface area contributed by atoms with Crippen molar-refractivity contribution in [1.82, 2.24) is 15.0 Å². The molecule has 2 aromatic rings. The van der Waals surface area contributed by atoms with Gasteiger partial charge in [0.15, 0.2) is 0 Å². The summed E-state index contributed by atoms with van der Waals surface area (Å²) >= 11 is 3.11. The summed E-state index contributed by atoms with van der Waals surface area (Å²) in [5, 5.41) is 2.93. The number of ether oxygens (including phenoxy) is 1. The number of nitrogens with one attached hydrogen (secondary N) is 2. The monoisotopic (exact) mass is 356 g/mol. The van der Waals surface area contributed by atoms with Gasteiger partial charge in [-0.05, 0) is 48.0 Å². The van der Waals surface area contributed by atoms with E-state index in [0.717, 1.165) is 0 Å². The summed E-state index contributed by atoms with van der Waals surface area (Å²) < 4.78 is 18.9. The van der Waals surface area contributed by atoms with E-state index < -0.39 is 0 Å². The van der Waals surface area contributed by atoms with Crippen LogP contribution in [0.2, 0.25) is 0 Å². The molecule has 0 radical (unpaired) electrons. The van der Waals surface area contributed by atoms with Gasteiger partial charge in [0.05, 0.1) is 10.6 Å². The summed E-state index contributed by atoms with van der Waals surface area (Å²) in [6.07, 6.45) is -0.0918. The summed E-state index contributed by atoms with van der Waals surface area (Å²) in [5.74, 6) is 5.34. The molecule has 7 nitrogen and oxygen atoms in total. The van der Waals surface area contributed by atoms with E-state index in [0.29, 0.717) is 10.2 Å². The highest BCUT2D eigenvalue weighted by atomic mass is 79.9. The van der Waals surface area contributed by atoms with Crippen LogP contribution in [0.4, 0.5) is 22.0 Å². The van der Waals surface area contributed by atoms with E-state index in [4.69, 9.17) is 10.6 Å². The summed E-state index contributed by atoms with van der Waals surface area (Å²) in [5.41, 5.74) is 2.94. The first-order chi connectivity index (χ1) is 9.97. The van der Waals surface area contributed by atoms with Crippen molar-refractivity contribution >= 4 is 33.5 Å². The molecule has 1 aromatic carbocycles. The zero-order chi connectivity index (χ0) is 15.4. The van der Waals surface area contributed by atoms with Gasteiger partial charge in [0.1, 0.15) is 5.82 Å². The van der Waals surface area contributed by atoms with Crippen molar-refractivity contribution in [3.05, 3.63) is 28.5 Å². The fourth-order valence-corrected chi connectivity index (χ4v) is 1.82. The Morgan fingerprint density at radius 3 is 2.57 bits per heavy atom. The Morgan fingerprint density at radius 1 is 1.24 bits per heavy atom. The lowest BCUT2D eigenvalue weighted by atomic mass is 10.3. The van der Waals surface area contributed by atoms with Crippen LogP contribution in [0.3, 0.4) is 0 Å². The summed E-state index contributed by atoms with van der Waals surface area (Å²) in [7, 11) is 0. The Bertz CT molecular complexity index is 639. The molecule has 1 heterocycles. The van der Waals surface area contributed by atoms with E-state index in [1.54, 1.807) is 12.1 Å². The summed E-state index contributed by atoms with van der Waals surface area (Å²) in [6.45, 7) is 3.70. The standard InChI is InChI=1S/C12H14BrFN6O/c1-6(2)21-12-18-10(17-11(19-12)20-15)16-7-3-4-9(14)8(13)5-7/h3-6H,15H2,1-2H3,(H2,16,17,18,19,20). The number of rotatable bonds is 5. The Labute approximate surface area is 129 Å². The number of benzene rings is 1. The molecule has 1 aromatic heterocycles. The number of aromatic nitrogens is 3. The first-order valence-corrected chi connectivity index (χ1v) is 6.88. The second-order valence-corrected chi connectivity index (χ2v) is 5.18. The quantitative estimate of drug-likeness (QED) is 0.559. The molecule has 0 saturated carbocycles. The van der Waals surface area contributed by atoms with Crippen LogP contribution < -0.4 is 21.3 Å². The van der Waals surface area contributed by atoms with Crippen LogP contribution in [-0.2, 0) is 0 Å². The van der Waals surface area contributed by atoms with Gasteiger partial charge in [-0.1, -0.05) is 0 Å². The highest BCUT2D eigenvalue weighted by Crippen LogP contribution is 2.22. The molecule has 0 aliphatic carbocycles. The van der Waals surface area contributed by atoms with Gasteiger partial charge in [-0.25, -0.2) is 10.2 Å². The van der Waals surface area contributed by atoms with Gasteiger partial charge in [0.25, 0.3) is 0 Å². The first-order valence-electron chi connectivity index (χ1n) is 6.09. The third kappa shape index (κ3) is 4.23. The lowest BCUT2D eigenvalue weighted by Gasteiger charge is -2.11. The van der Waals surface area contributed by atoms with Gasteiger partial charge in [0.2, 0.25) is 11.9 Å². The number of hydrogen-bond acceptors (Lipinski definition) is 7. The fourth-order valence-electron chi connectivity index (χ4n) is 1.44. The topological polar surface area (TPSA) is 98.0 Å². The predicted octanol–water partition coefficient (Wildman–Crippen LogP) is 2.59. The van der Waals surface area contributed by atoms with Gasteiger partial charge < -0.3 is 10.1 Å². The van der Waals surface area contributed by atoms with Crippen molar-refractivity contribution in [3.63, 3.8) is 0 Å². The van der Waals surface area contributed by atoms with Crippen LogP contribution in [0.1, 0.15) is 13.8 Å². The molecule has 0 amide bonds. The maximum Gasteiger partial charge on any atom is 0.323 e. The van der Waals surface area contributed by atoms with Crippen molar-refractivity contribution in [3.8, 4) is 6.01 Å². The second-order valence-electron chi connectivity index (χ2n) is 4.33. The van der Waals surface area contributed by atoms with E-state index in [-0.39, 0.29) is 29.8 Å². The Hall–Kier alpha value is -2.00. The van der Waals surface area contributed by atoms with Crippen LogP contribution in [-0.4, -0.2) is 21.1 Å². The molecule has 0 atom stereocenters. The van der Waals surface area contributed by atoms with Gasteiger partial charge in [0, 0.05) is 5.69 Å². The molecule has 0 fully saturated rings. The maximum absolute atomic E-state index is 13.2. The van der Waals surface area contributed by atoms with E-state index >= 15 is 0 Å². The molecule has 4 N–H and O–H groups in total. The van der Waals surface area contributed by atoms with E-state index in [1.807, 2.05) is 13.8 Å². The minimum atomic E-state index is -0.357. The van der Waals surface area contributed by atoms with Crippen LogP contribution in [0.15, 0.2) is 22.7 Å². The molecule has 0 spiro atoms. The number of anilines is 3. The lowest BCUT2D eigenvalue weighted by Crippen LogP contribution is -2.15. The van der Waals surface area contributed by atoms with Crippen LogP contribution in [0, 0.1) is 5.82 Å². The van der Waals surface area contributed by atoms with Crippen molar-refractivity contribution in [1.29, 1.82) is 0 Å². The molecule has 0 bridgehead atoms. The molecule has 2 rings (SSSR count). The zero-order valence-corrected chi connectivity index (χ0v) is 13.0. The lowest BCUT2D eigenvalue weighted by molar-refractivity contribution is 0.222. The van der Waals surface area contributed by atoms with Crippen molar-refractivity contribution in [2.45, 2.75) is 20.0 Å². The Morgan fingerprint density at radius 2 is 1.95 bits per heavy atom. The number of hydrazine groups is 1. The van der Waals surface area contributed by atoms with Crippen molar-refractivity contribution in [2.24, 2.45) is 5.84 Å². The van der Waals surface area contributed by atoms with Gasteiger partial charge >= 0.3 is 6.01 Å². The smallest absolute Gasteiger partial charge is 0.323 e. The number of hydrogen-bond donors (Lipinski definition) is 3. The van der Waals surface area contributed by atoms with E-state index in [1.165, 1.54) is 6.07 Å². The van der Waals surface area contributed by atoms with Crippen LogP contribution in [0.5, 0.6) is 6.01 Å². The Kier molecular flexibility index (Phi) is 4.86. The van der Waals surface area contributed by atoms with Gasteiger partial charge in [-0.2, -0.15) is 15.0 Å².